The molecule has 2 aliphatic carbocycles. The lowest BCUT2D eigenvalue weighted by molar-refractivity contribution is -0.127. The summed E-state index contributed by atoms with van der Waals surface area (Å²) in [7, 11) is 0. The van der Waals surface area contributed by atoms with Crippen molar-refractivity contribution < 1.29 is 4.79 Å². The Morgan fingerprint density at radius 3 is 2.57 bits per heavy atom. The minimum atomic E-state index is -0.196. The minimum absolute atomic E-state index is 0. The first-order chi connectivity index (χ1) is 9.20. The number of halogens is 2. The van der Waals surface area contributed by atoms with Crippen molar-refractivity contribution in [2.24, 2.45) is 11.7 Å². The van der Waals surface area contributed by atoms with Crippen molar-refractivity contribution in [3.63, 3.8) is 0 Å². The molecule has 120 valence electrons. The number of carbonyl (C=O) groups excluding carboxylic acids is 1. The molecular weight excluding hydrogens is 329 g/mol. The lowest BCUT2D eigenvalue weighted by Gasteiger charge is -2.29. The zero-order valence-electron chi connectivity index (χ0n) is 11.9. The molecule has 0 radical (unpaired) electrons. The monoisotopic (exact) mass is 351 g/mol. The second kappa shape index (κ2) is 7.77. The zero-order valence-corrected chi connectivity index (χ0v) is 14.4. The van der Waals surface area contributed by atoms with Crippen LogP contribution in [0.4, 0.5) is 0 Å². The SMILES string of the molecule is Cl.Cl.NC1CCC(C(=O)NC2(c3nccs3)CCCC2)C1. The van der Waals surface area contributed by atoms with Crippen LogP contribution in [-0.2, 0) is 10.3 Å². The molecule has 2 unspecified atom stereocenters. The van der Waals surface area contributed by atoms with E-state index in [0.29, 0.717) is 0 Å². The zero-order chi connectivity index (χ0) is 13.3. The van der Waals surface area contributed by atoms with Crippen molar-refractivity contribution in [2.45, 2.75) is 56.5 Å². The first-order valence-electron chi connectivity index (χ1n) is 7.17. The van der Waals surface area contributed by atoms with Gasteiger partial charge in [-0.1, -0.05) is 12.8 Å². The number of rotatable bonds is 3. The van der Waals surface area contributed by atoms with Gasteiger partial charge in [0.05, 0.1) is 5.54 Å². The number of nitrogens with two attached hydrogens (primary N) is 1. The van der Waals surface area contributed by atoms with E-state index in [4.69, 9.17) is 5.73 Å². The molecule has 1 aromatic heterocycles. The van der Waals surface area contributed by atoms with E-state index < -0.39 is 0 Å². The van der Waals surface area contributed by atoms with Crippen LogP contribution in [0, 0.1) is 5.92 Å². The van der Waals surface area contributed by atoms with Crippen molar-refractivity contribution in [2.75, 3.05) is 0 Å². The first-order valence-corrected chi connectivity index (χ1v) is 8.05. The Bertz CT molecular complexity index is 449. The van der Waals surface area contributed by atoms with Gasteiger partial charge in [0.1, 0.15) is 5.01 Å². The maximum absolute atomic E-state index is 12.5. The normalized spacial score (nSPS) is 26.7. The Hall–Kier alpha value is -0.360. The van der Waals surface area contributed by atoms with Crippen molar-refractivity contribution in [3.8, 4) is 0 Å². The number of nitrogens with zero attached hydrogens (tertiary/aromatic N) is 1. The van der Waals surface area contributed by atoms with E-state index in [2.05, 4.69) is 10.3 Å². The molecule has 21 heavy (non-hydrogen) atoms. The quantitative estimate of drug-likeness (QED) is 0.879. The number of hydrogen-bond acceptors (Lipinski definition) is 4. The van der Waals surface area contributed by atoms with Gasteiger partial charge in [-0.05, 0) is 32.1 Å². The van der Waals surface area contributed by atoms with E-state index in [-0.39, 0.29) is 48.2 Å². The standard InChI is InChI=1S/C14H21N3OS.2ClH/c15-11-4-3-10(9-11)12(18)17-14(5-1-2-6-14)13-16-7-8-19-13;;/h7-8,10-11H,1-6,9,15H2,(H,17,18);2*1H. The summed E-state index contributed by atoms with van der Waals surface area (Å²) in [5, 5.41) is 6.37. The van der Waals surface area contributed by atoms with Crippen molar-refractivity contribution in [3.05, 3.63) is 16.6 Å². The lowest BCUT2D eigenvalue weighted by atomic mass is 9.96. The molecule has 1 heterocycles. The number of amides is 1. The van der Waals surface area contributed by atoms with Gasteiger partial charge in [-0.2, -0.15) is 0 Å². The van der Waals surface area contributed by atoms with Crippen LogP contribution in [0.1, 0.15) is 50.0 Å². The summed E-state index contributed by atoms with van der Waals surface area (Å²) in [4.78, 5) is 16.9. The van der Waals surface area contributed by atoms with E-state index in [1.807, 2.05) is 11.6 Å². The summed E-state index contributed by atoms with van der Waals surface area (Å²) in [5.41, 5.74) is 5.71. The van der Waals surface area contributed by atoms with Crippen LogP contribution >= 0.6 is 36.2 Å². The summed E-state index contributed by atoms with van der Waals surface area (Å²) in [6.07, 6.45) is 8.95. The Kier molecular flexibility index (Phi) is 6.91. The summed E-state index contributed by atoms with van der Waals surface area (Å²) in [5.74, 6) is 0.289. The van der Waals surface area contributed by atoms with Gasteiger partial charge >= 0.3 is 0 Å². The van der Waals surface area contributed by atoms with Gasteiger partial charge in [-0.15, -0.1) is 36.2 Å². The predicted octanol–water partition coefficient (Wildman–Crippen LogP) is 3.00. The molecule has 0 aliphatic heterocycles. The smallest absolute Gasteiger partial charge is 0.223 e. The lowest BCUT2D eigenvalue weighted by Crippen LogP contribution is -2.46. The molecule has 0 aromatic carbocycles. The molecule has 0 bridgehead atoms. The van der Waals surface area contributed by atoms with Crippen molar-refractivity contribution in [1.29, 1.82) is 0 Å². The van der Waals surface area contributed by atoms with Crippen LogP contribution in [0.5, 0.6) is 0 Å². The minimum Gasteiger partial charge on any atom is -0.344 e. The Morgan fingerprint density at radius 1 is 1.33 bits per heavy atom. The van der Waals surface area contributed by atoms with E-state index in [1.54, 1.807) is 11.3 Å². The third kappa shape index (κ3) is 3.89. The summed E-state index contributed by atoms with van der Waals surface area (Å²) in [6.45, 7) is 0. The number of aromatic nitrogens is 1. The van der Waals surface area contributed by atoms with Gasteiger partial charge in [-0.25, -0.2) is 4.98 Å². The molecule has 2 atom stereocenters. The van der Waals surface area contributed by atoms with Crippen LogP contribution in [0.25, 0.3) is 0 Å². The van der Waals surface area contributed by atoms with Crippen LogP contribution in [0.3, 0.4) is 0 Å². The third-order valence-electron chi connectivity index (χ3n) is 4.51. The molecule has 3 N–H and O–H groups in total. The van der Waals surface area contributed by atoms with Crippen LogP contribution in [0.15, 0.2) is 11.6 Å². The van der Waals surface area contributed by atoms with E-state index in [1.165, 1.54) is 12.8 Å². The van der Waals surface area contributed by atoms with Crippen LogP contribution < -0.4 is 11.1 Å². The summed E-state index contributed by atoms with van der Waals surface area (Å²) in [6, 6.07) is 0.204. The number of nitrogens with one attached hydrogen (secondary N) is 1. The van der Waals surface area contributed by atoms with Crippen LogP contribution in [0.2, 0.25) is 0 Å². The average Bonchev–Trinajstić information content (AvgIpc) is 3.08. The third-order valence-corrected chi connectivity index (χ3v) is 5.48. The van der Waals surface area contributed by atoms with Crippen molar-refractivity contribution >= 4 is 42.1 Å². The molecule has 0 spiro atoms. The van der Waals surface area contributed by atoms with Gasteiger partial charge in [0.15, 0.2) is 0 Å². The second-order valence-corrected chi connectivity index (χ2v) is 6.78. The number of hydrogen-bond donors (Lipinski definition) is 2. The second-order valence-electron chi connectivity index (χ2n) is 5.89. The highest BCUT2D eigenvalue weighted by Crippen LogP contribution is 2.40. The van der Waals surface area contributed by atoms with Crippen LogP contribution in [-0.4, -0.2) is 16.9 Å². The number of carbonyl (C=O) groups is 1. The maximum atomic E-state index is 12.5. The molecule has 1 amide bonds. The highest BCUT2D eigenvalue weighted by molar-refractivity contribution is 7.09. The molecule has 0 saturated heterocycles. The van der Waals surface area contributed by atoms with E-state index in [0.717, 1.165) is 37.1 Å². The molecule has 7 heteroatoms. The van der Waals surface area contributed by atoms with Gasteiger partial charge in [0, 0.05) is 23.5 Å². The molecular formula is C14H23Cl2N3OS. The fraction of sp³-hybridized carbons (Fsp3) is 0.714. The maximum Gasteiger partial charge on any atom is 0.223 e. The summed E-state index contributed by atoms with van der Waals surface area (Å²) < 4.78 is 0. The average molecular weight is 352 g/mol. The predicted molar refractivity (Wildman–Crippen MR) is 90.2 cm³/mol. The fourth-order valence-corrected chi connectivity index (χ4v) is 4.28. The molecule has 2 saturated carbocycles. The van der Waals surface area contributed by atoms with Gasteiger partial charge < -0.3 is 11.1 Å². The van der Waals surface area contributed by atoms with Gasteiger partial charge in [-0.3, -0.25) is 4.79 Å². The molecule has 4 nitrogen and oxygen atoms in total. The fourth-order valence-electron chi connectivity index (χ4n) is 3.42. The van der Waals surface area contributed by atoms with E-state index >= 15 is 0 Å². The largest absolute Gasteiger partial charge is 0.344 e. The molecule has 1 aromatic rings. The Labute approximate surface area is 142 Å². The molecule has 2 aliphatic rings. The highest BCUT2D eigenvalue weighted by atomic mass is 35.5. The summed E-state index contributed by atoms with van der Waals surface area (Å²) >= 11 is 1.65. The molecule has 3 rings (SSSR count). The Balaban J connectivity index is 0.00000110. The van der Waals surface area contributed by atoms with E-state index in [9.17, 15) is 4.79 Å². The number of thiazole rings is 1. The van der Waals surface area contributed by atoms with Crippen molar-refractivity contribution in [1.82, 2.24) is 10.3 Å². The highest BCUT2D eigenvalue weighted by Gasteiger charge is 2.41. The molecule has 2 fully saturated rings. The Morgan fingerprint density at radius 2 is 2.05 bits per heavy atom. The first kappa shape index (κ1) is 18.7. The van der Waals surface area contributed by atoms with Gasteiger partial charge in [0.25, 0.3) is 0 Å². The van der Waals surface area contributed by atoms with Gasteiger partial charge in [0.2, 0.25) is 5.91 Å². The topological polar surface area (TPSA) is 68.0 Å².